The summed E-state index contributed by atoms with van der Waals surface area (Å²) in [7, 11) is -0.429. The van der Waals surface area contributed by atoms with Gasteiger partial charge in [0.1, 0.15) is 10.8 Å². The van der Waals surface area contributed by atoms with Crippen molar-refractivity contribution in [2.24, 2.45) is 0 Å². The van der Waals surface area contributed by atoms with Crippen molar-refractivity contribution in [3.8, 4) is 0 Å². The Morgan fingerprint density at radius 2 is 1.62 bits per heavy atom. The molecule has 0 fully saturated rings. The molecular weight excluding hydrogens is 123 g/mol. The van der Waals surface area contributed by atoms with Crippen molar-refractivity contribution in [3.63, 3.8) is 0 Å². The monoisotopic (exact) mass is 129 g/mol. The molecule has 2 nitrogen and oxygen atoms in total. The zero-order chi connectivity index (χ0) is 5.98. The van der Waals surface area contributed by atoms with Crippen LogP contribution in [0.3, 0.4) is 0 Å². The smallest absolute Gasteiger partial charge is 0.373 e. The summed E-state index contributed by atoms with van der Waals surface area (Å²) >= 11 is 0. The van der Waals surface area contributed by atoms with E-state index in [-0.39, 0.29) is 0 Å². The molecule has 0 aromatic carbocycles. The van der Waals surface area contributed by atoms with Gasteiger partial charge in [0.05, 0.1) is 0 Å². The lowest BCUT2D eigenvalue weighted by molar-refractivity contribution is 0.436. The minimum absolute atomic E-state index is 0.429. The van der Waals surface area contributed by atoms with Gasteiger partial charge in [-0.05, 0) is 22.5 Å². The molecule has 2 N–H and O–H groups in total. The Kier molecular flexibility index (Phi) is 1.67. The molecule has 1 rings (SSSR count). The van der Waals surface area contributed by atoms with Crippen LogP contribution in [0.2, 0.25) is 0 Å². The Morgan fingerprint density at radius 3 is 1.88 bits per heavy atom. The van der Waals surface area contributed by atoms with E-state index in [4.69, 9.17) is 10.0 Å². The van der Waals surface area contributed by atoms with Gasteiger partial charge in [0.25, 0.3) is 0 Å². The van der Waals surface area contributed by atoms with Crippen LogP contribution in [0.5, 0.6) is 0 Å². The summed E-state index contributed by atoms with van der Waals surface area (Å²) in [6.07, 6.45) is -1.20. The molecule has 0 aliphatic carbocycles. The highest BCUT2D eigenvalue weighted by Gasteiger charge is 2.24. The summed E-state index contributed by atoms with van der Waals surface area (Å²) < 4.78 is 0. The molecule has 0 aliphatic heterocycles. The van der Waals surface area contributed by atoms with Crippen molar-refractivity contribution in [1.82, 2.24) is 0 Å². The Labute approximate surface area is 50.4 Å². The molecule has 1 aromatic rings. The average molecular weight is 129 g/mol. The van der Waals surface area contributed by atoms with Gasteiger partial charge in [0.2, 0.25) is 0 Å². The first-order valence-electron chi connectivity index (χ1n) is 2.22. The molecule has 0 saturated heterocycles. The summed E-state index contributed by atoms with van der Waals surface area (Å²) in [5.41, 5.74) is 0. The van der Waals surface area contributed by atoms with Crippen LogP contribution in [0.4, 0.5) is 0 Å². The van der Waals surface area contributed by atoms with E-state index in [0.717, 1.165) is 0 Å². The fraction of sp³-hybridized carbons (Fsp3) is 0. The average Bonchev–Trinajstić information content (AvgIpc) is 2.12. The Hall–Kier alpha value is -0.315. The van der Waals surface area contributed by atoms with Gasteiger partial charge in [-0.15, -0.1) is 0 Å². The minimum atomic E-state index is -1.20. The van der Waals surface area contributed by atoms with Crippen LogP contribution >= 0.6 is 10.3 Å². The maximum Gasteiger partial charge on any atom is 0.783 e. The van der Waals surface area contributed by atoms with E-state index >= 15 is 0 Å². The van der Waals surface area contributed by atoms with Gasteiger partial charge in [-0.25, -0.2) is 0 Å². The Balaban J connectivity index is 2.77. The predicted molar refractivity (Wildman–Crippen MR) is 34.5 cm³/mol. The van der Waals surface area contributed by atoms with Crippen molar-refractivity contribution >= 4 is 16.7 Å². The second-order valence-electron chi connectivity index (χ2n) is 1.39. The third-order valence-electron chi connectivity index (χ3n) is 0.826. The fourth-order valence-corrected chi connectivity index (χ4v) is 1.37. The summed E-state index contributed by atoms with van der Waals surface area (Å²) in [6.45, 7) is 0. The van der Waals surface area contributed by atoms with E-state index in [9.17, 15) is 0 Å². The highest BCUT2D eigenvalue weighted by molar-refractivity contribution is 7.64. The lowest BCUT2D eigenvalue weighted by atomic mass is 10.4. The molecule has 8 heavy (non-hydrogen) atoms. The van der Waals surface area contributed by atoms with Gasteiger partial charge in [-0.3, -0.25) is 0 Å². The second-order valence-corrected chi connectivity index (χ2v) is 3.17. The molecule has 0 atom stereocenters. The third kappa shape index (κ3) is 1.09. The van der Waals surface area contributed by atoms with E-state index in [2.05, 4.69) is 0 Å². The van der Waals surface area contributed by atoms with Crippen LogP contribution in [-0.4, -0.2) is 16.4 Å². The summed E-state index contributed by atoms with van der Waals surface area (Å²) in [6, 6.07) is 3.62. The predicted octanol–water partition coefficient (Wildman–Crippen LogP) is 0.253. The maximum atomic E-state index is 8.52. The van der Waals surface area contributed by atoms with Gasteiger partial charge < -0.3 is 10.0 Å². The fourth-order valence-electron chi connectivity index (χ4n) is 0.458. The second kappa shape index (κ2) is 2.30. The molecule has 0 bridgehead atoms. The van der Waals surface area contributed by atoms with Crippen LogP contribution < -0.4 is 0 Å². The van der Waals surface area contributed by atoms with Crippen LogP contribution in [0.1, 0.15) is 0 Å². The van der Waals surface area contributed by atoms with Crippen molar-refractivity contribution in [1.29, 1.82) is 0 Å². The van der Waals surface area contributed by atoms with E-state index in [0.29, 0.717) is 0 Å². The molecule has 0 amide bonds. The van der Waals surface area contributed by atoms with Crippen LogP contribution in [0.15, 0.2) is 22.9 Å². The molecule has 0 spiro atoms. The van der Waals surface area contributed by atoms with Crippen molar-refractivity contribution in [2.45, 2.75) is 0 Å². The molecule has 1 heterocycles. The van der Waals surface area contributed by atoms with Gasteiger partial charge >= 0.3 is 6.40 Å². The van der Waals surface area contributed by atoms with E-state index in [1.165, 1.54) is 0 Å². The zero-order valence-electron chi connectivity index (χ0n) is 4.19. The van der Waals surface area contributed by atoms with E-state index < -0.39 is 16.7 Å². The standard InChI is InChI=1S/C4H6BO2S/c6-5(7)8-3-1-2-4-8/h1-4,6-7H/q+1. The summed E-state index contributed by atoms with van der Waals surface area (Å²) in [4.78, 5) is 0. The lowest BCUT2D eigenvalue weighted by Gasteiger charge is -1.76. The molecule has 0 unspecified atom stereocenters. The summed E-state index contributed by atoms with van der Waals surface area (Å²) in [5.74, 6) is 0. The lowest BCUT2D eigenvalue weighted by Crippen LogP contribution is -2.03. The molecular formula is C4H6BO2S+. The zero-order valence-corrected chi connectivity index (χ0v) is 5.01. The SMILES string of the molecule is OB(O)[s+]1cccc1. The molecule has 42 valence electrons. The minimum Gasteiger partial charge on any atom is -0.373 e. The van der Waals surface area contributed by atoms with Crippen LogP contribution in [0, 0.1) is 0 Å². The summed E-state index contributed by atoms with van der Waals surface area (Å²) in [5, 5.41) is 20.6. The highest BCUT2D eigenvalue weighted by Crippen LogP contribution is 2.15. The first kappa shape index (κ1) is 5.82. The molecule has 0 aliphatic rings. The number of rotatable bonds is 1. The van der Waals surface area contributed by atoms with Crippen molar-refractivity contribution in [2.75, 3.05) is 0 Å². The number of hydrogen-bond donors (Lipinski definition) is 2. The molecule has 0 saturated carbocycles. The van der Waals surface area contributed by atoms with Crippen LogP contribution in [0.25, 0.3) is 0 Å². The first-order chi connectivity index (χ1) is 3.80. The highest BCUT2D eigenvalue weighted by atomic mass is 32.2. The number of thiophene rings is 1. The first-order valence-corrected chi connectivity index (χ1v) is 3.64. The Bertz CT molecular complexity index is 149. The number of hydrogen-bond acceptors (Lipinski definition) is 2. The van der Waals surface area contributed by atoms with Crippen LogP contribution in [-0.2, 0) is 0 Å². The third-order valence-corrected chi connectivity index (χ3v) is 2.26. The van der Waals surface area contributed by atoms with Gasteiger partial charge in [-0.2, -0.15) is 0 Å². The van der Waals surface area contributed by atoms with Gasteiger partial charge in [-0.1, -0.05) is 0 Å². The molecule has 0 radical (unpaired) electrons. The largest absolute Gasteiger partial charge is 0.783 e. The molecule has 1 aromatic heterocycles. The maximum absolute atomic E-state index is 8.52. The van der Waals surface area contributed by atoms with Crippen molar-refractivity contribution in [3.05, 3.63) is 22.9 Å². The Morgan fingerprint density at radius 1 is 1.12 bits per heavy atom. The molecule has 4 heteroatoms. The van der Waals surface area contributed by atoms with Crippen molar-refractivity contribution < 1.29 is 10.0 Å². The quantitative estimate of drug-likeness (QED) is 0.421. The van der Waals surface area contributed by atoms with E-state index in [1.54, 1.807) is 10.8 Å². The van der Waals surface area contributed by atoms with Gasteiger partial charge in [0.15, 0.2) is 0 Å². The normalized spacial score (nSPS) is 9.25. The van der Waals surface area contributed by atoms with Gasteiger partial charge in [0, 0.05) is 0 Å². The topological polar surface area (TPSA) is 40.5 Å². The van der Waals surface area contributed by atoms with E-state index in [1.807, 2.05) is 12.1 Å².